The number of halogens is 2. The van der Waals surface area contributed by atoms with Crippen LogP contribution < -0.4 is 5.32 Å². The number of carbonyl (C=O) groups is 2. The Kier molecular flexibility index (Phi) is 5.06. The van der Waals surface area contributed by atoms with E-state index in [1.54, 1.807) is 4.90 Å². The number of rotatable bonds is 4. The van der Waals surface area contributed by atoms with Gasteiger partial charge in [0.1, 0.15) is 11.6 Å². The number of carbonyl (C=O) groups excluding carboxylic acids is 2. The lowest BCUT2D eigenvalue weighted by atomic mass is 9.49. The molecule has 1 heterocycles. The fourth-order valence-electron chi connectivity index (χ4n) is 7.19. The van der Waals surface area contributed by atoms with Crippen LogP contribution in [0.4, 0.5) is 8.78 Å². The summed E-state index contributed by atoms with van der Waals surface area (Å²) in [6.07, 6.45) is 9.79. The first kappa shape index (κ1) is 20.0. The maximum absolute atomic E-state index is 13.9. The summed E-state index contributed by atoms with van der Waals surface area (Å²) in [5.74, 6) is 0.744. The highest BCUT2D eigenvalue weighted by atomic mass is 19.1. The number of nitrogens with one attached hydrogen (secondary N) is 1. The highest BCUT2D eigenvalue weighted by Gasteiger charge is 2.51. The van der Waals surface area contributed by atoms with E-state index in [0.29, 0.717) is 32.4 Å². The molecule has 0 atom stereocenters. The molecular weight excluding hydrogens is 386 g/mol. The Morgan fingerprint density at radius 2 is 1.60 bits per heavy atom. The molecule has 4 aliphatic carbocycles. The quantitative estimate of drug-likeness (QED) is 0.796. The first-order valence-electron chi connectivity index (χ1n) is 11.4. The smallest absolute Gasteiger partial charge is 0.256 e. The van der Waals surface area contributed by atoms with Crippen molar-refractivity contribution in [3.8, 4) is 0 Å². The third kappa shape index (κ3) is 3.85. The molecule has 1 saturated heterocycles. The number of hydrogen-bond acceptors (Lipinski definition) is 2. The van der Waals surface area contributed by atoms with Crippen molar-refractivity contribution in [3.63, 3.8) is 0 Å². The van der Waals surface area contributed by atoms with Crippen LogP contribution in [-0.2, 0) is 4.79 Å². The minimum absolute atomic E-state index is 0.0635. The van der Waals surface area contributed by atoms with Crippen LogP contribution in [0.25, 0.3) is 0 Å². The van der Waals surface area contributed by atoms with Crippen molar-refractivity contribution < 1.29 is 18.4 Å². The molecule has 6 rings (SSSR count). The van der Waals surface area contributed by atoms with Gasteiger partial charge in [-0.05, 0) is 86.7 Å². The maximum atomic E-state index is 13.9. The number of amides is 2. The zero-order valence-electron chi connectivity index (χ0n) is 17.3. The molecule has 1 N–H and O–H groups in total. The van der Waals surface area contributed by atoms with Crippen LogP contribution in [0.2, 0.25) is 0 Å². The Bertz CT molecular complexity index is 812. The van der Waals surface area contributed by atoms with Gasteiger partial charge in [0.25, 0.3) is 5.91 Å². The van der Waals surface area contributed by atoms with E-state index in [4.69, 9.17) is 0 Å². The third-order valence-corrected chi connectivity index (χ3v) is 8.01. The molecule has 1 aromatic rings. The topological polar surface area (TPSA) is 49.4 Å². The van der Waals surface area contributed by atoms with Gasteiger partial charge < -0.3 is 10.2 Å². The molecule has 4 bridgehead atoms. The van der Waals surface area contributed by atoms with E-state index in [2.05, 4.69) is 5.32 Å². The van der Waals surface area contributed by atoms with Gasteiger partial charge in [0.15, 0.2) is 0 Å². The molecular formula is C24H30F2N2O2. The first-order chi connectivity index (χ1) is 14.4. The summed E-state index contributed by atoms with van der Waals surface area (Å²) in [4.78, 5) is 27.0. The van der Waals surface area contributed by atoms with Gasteiger partial charge in [0.05, 0.1) is 5.56 Å². The molecule has 5 fully saturated rings. The molecule has 1 aliphatic heterocycles. The maximum Gasteiger partial charge on any atom is 0.256 e. The van der Waals surface area contributed by atoms with Crippen LogP contribution in [0.3, 0.4) is 0 Å². The molecule has 162 valence electrons. The van der Waals surface area contributed by atoms with Crippen molar-refractivity contribution in [3.05, 3.63) is 35.4 Å². The zero-order chi connectivity index (χ0) is 20.9. The minimum Gasteiger partial charge on any atom is -0.353 e. The van der Waals surface area contributed by atoms with E-state index in [1.807, 2.05) is 0 Å². The van der Waals surface area contributed by atoms with Crippen molar-refractivity contribution in [1.29, 1.82) is 0 Å². The summed E-state index contributed by atoms with van der Waals surface area (Å²) < 4.78 is 27.0. The predicted molar refractivity (Wildman–Crippen MR) is 109 cm³/mol. The van der Waals surface area contributed by atoms with E-state index < -0.39 is 17.5 Å². The molecule has 0 aromatic heterocycles. The summed E-state index contributed by atoms with van der Waals surface area (Å²) >= 11 is 0. The number of likely N-dealkylation sites (tertiary alicyclic amines) is 1. The molecule has 4 nitrogen and oxygen atoms in total. The van der Waals surface area contributed by atoms with Crippen LogP contribution in [0.1, 0.15) is 68.1 Å². The van der Waals surface area contributed by atoms with E-state index in [1.165, 1.54) is 44.6 Å². The van der Waals surface area contributed by atoms with E-state index in [-0.39, 0.29) is 22.9 Å². The second-order valence-electron chi connectivity index (χ2n) is 10.4. The van der Waals surface area contributed by atoms with Crippen LogP contribution >= 0.6 is 0 Å². The van der Waals surface area contributed by atoms with Gasteiger partial charge in [-0.3, -0.25) is 9.59 Å². The minimum atomic E-state index is -0.828. The van der Waals surface area contributed by atoms with Crippen molar-refractivity contribution >= 4 is 11.8 Å². The van der Waals surface area contributed by atoms with Crippen LogP contribution in [-0.4, -0.2) is 35.8 Å². The van der Waals surface area contributed by atoms with Gasteiger partial charge in [0, 0.05) is 31.6 Å². The van der Waals surface area contributed by atoms with E-state index >= 15 is 0 Å². The van der Waals surface area contributed by atoms with Crippen molar-refractivity contribution in [2.24, 2.45) is 23.2 Å². The lowest BCUT2D eigenvalue weighted by Crippen LogP contribution is -2.50. The fraction of sp³-hybridized carbons (Fsp3) is 0.667. The fourth-order valence-corrected chi connectivity index (χ4v) is 7.19. The second-order valence-corrected chi connectivity index (χ2v) is 10.4. The van der Waals surface area contributed by atoms with Crippen molar-refractivity contribution in [2.45, 2.75) is 63.8 Å². The lowest BCUT2D eigenvalue weighted by molar-refractivity contribution is -0.130. The Balaban J connectivity index is 1.13. The molecule has 0 spiro atoms. The molecule has 6 heteroatoms. The molecule has 30 heavy (non-hydrogen) atoms. The molecule has 0 radical (unpaired) electrons. The number of hydrogen-bond donors (Lipinski definition) is 1. The summed E-state index contributed by atoms with van der Waals surface area (Å²) in [5, 5.41) is 3.21. The standard InChI is InChI=1S/C24H30F2N2O2/c25-18-1-2-20(21(26)10-18)23(30)28-5-3-19(4-6-28)27-22(29)14-24-11-15-7-16(12-24)9-17(8-15)13-24/h1-2,10,15-17,19H,3-9,11-14H2,(H,27,29). The summed E-state index contributed by atoms with van der Waals surface area (Å²) in [6, 6.07) is 3.11. The Labute approximate surface area is 176 Å². The van der Waals surface area contributed by atoms with Crippen LogP contribution in [0, 0.1) is 34.8 Å². The van der Waals surface area contributed by atoms with E-state index in [9.17, 15) is 18.4 Å². The predicted octanol–water partition coefficient (Wildman–Crippen LogP) is 4.29. The van der Waals surface area contributed by atoms with Crippen molar-refractivity contribution in [2.75, 3.05) is 13.1 Å². The van der Waals surface area contributed by atoms with Crippen LogP contribution in [0.15, 0.2) is 18.2 Å². The third-order valence-electron chi connectivity index (χ3n) is 8.01. The Morgan fingerprint density at radius 1 is 1.00 bits per heavy atom. The van der Waals surface area contributed by atoms with Crippen LogP contribution in [0.5, 0.6) is 0 Å². The summed E-state index contributed by atoms with van der Waals surface area (Å²) in [5.41, 5.74) is 0.135. The number of piperidine rings is 1. The average Bonchev–Trinajstić information content (AvgIpc) is 2.66. The normalized spacial score (nSPS) is 33.0. The van der Waals surface area contributed by atoms with Crippen molar-refractivity contribution in [1.82, 2.24) is 10.2 Å². The Morgan fingerprint density at radius 3 is 2.17 bits per heavy atom. The largest absolute Gasteiger partial charge is 0.353 e. The zero-order valence-corrected chi connectivity index (χ0v) is 17.3. The highest BCUT2D eigenvalue weighted by Crippen LogP contribution is 2.61. The summed E-state index contributed by atoms with van der Waals surface area (Å²) in [7, 11) is 0. The molecule has 5 aliphatic rings. The number of benzene rings is 1. The lowest BCUT2D eigenvalue weighted by Gasteiger charge is -2.56. The van der Waals surface area contributed by atoms with Gasteiger partial charge >= 0.3 is 0 Å². The highest BCUT2D eigenvalue weighted by molar-refractivity contribution is 5.94. The second kappa shape index (κ2) is 7.61. The van der Waals surface area contributed by atoms with Gasteiger partial charge in [-0.2, -0.15) is 0 Å². The molecule has 4 saturated carbocycles. The van der Waals surface area contributed by atoms with Gasteiger partial charge in [-0.15, -0.1) is 0 Å². The first-order valence-corrected chi connectivity index (χ1v) is 11.4. The van der Waals surface area contributed by atoms with E-state index in [0.717, 1.165) is 29.9 Å². The summed E-state index contributed by atoms with van der Waals surface area (Å²) in [6.45, 7) is 0.940. The monoisotopic (exact) mass is 416 g/mol. The Hall–Kier alpha value is -1.98. The van der Waals surface area contributed by atoms with Gasteiger partial charge in [-0.25, -0.2) is 8.78 Å². The SMILES string of the molecule is O=C(CC12CC3CC(CC(C3)C1)C2)NC1CCN(C(=O)c2ccc(F)cc2F)CC1. The van der Waals surface area contributed by atoms with Gasteiger partial charge in [0.2, 0.25) is 5.91 Å². The molecule has 1 aromatic carbocycles. The van der Waals surface area contributed by atoms with Gasteiger partial charge in [-0.1, -0.05) is 0 Å². The molecule has 2 amide bonds. The molecule has 0 unspecified atom stereocenters. The number of nitrogens with zero attached hydrogens (tertiary/aromatic N) is 1. The average molecular weight is 417 g/mol.